The van der Waals surface area contributed by atoms with Crippen molar-refractivity contribution in [3.05, 3.63) is 24.3 Å². The van der Waals surface area contributed by atoms with Crippen LogP contribution in [0.4, 0.5) is 0 Å². The maximum atomic E-state index is 12.0. The molecule has 2 nitrogen and oxygen atoms in total. The van der Waals surface area contributed by atoms with E-state index in [2.05, 4.69) is 45.9 Å². The van der Waals surface area contributed by atoms with E-state index in [-0.39, 0.29) is 11.0 Å². The number of fused-ring (bicyclic) bond motifs is 4. The van der Waals surface area contributed by atoms with E-state index in [4.69, 9.17) is 4.74 Å². The Morgan fingerprint density at radius 1 is 1.14 bits per heavy atom. The van der Waals surface area contributed by atoms with E-state index in [1.54, 1.807) is 0 Å². The van der Waals surface area contributed by atoms with Gasteiger partial charge in [0.2, 0.25) is 0 Å². The molecule has 4 aliphatic carbocycles. The fourth-order valence-corrected chi connectivity index (χ4v) is 8.71. The first-order chi connectivity index (χ1) is 13.8. The van der Waals surface area contributed by atoms with E-state index in [0.717, 1.165) is 37.2 Å². The van der Waals surface area contributed by atoms with Crippen molar-refractivity contribution in [3.63, 3.8) is 0 Å². The van der Waals surface area contributed by atoms with Gasteiger partial charge < -0.3 is 4.74 Å². The van der Waals surface area contributed by atoms with Gasteiger partial charge in [0.1, 0.15) is 0 Å². The number of hydrogen-bond acceptors (Lipinski definition) is 2. The van der Waals surface area contributed by atoms with Crippen LogP contribution in [-0.2, 0) is 9.53 Å². The first-order valence-electron chi connectivity index (χ1n) is 12.3. The molecular weight excluding hydrogens is 356 g/mol. The molecule has 29 heavy (non-hydrogen) atoms. The zero-order valence-electron chi connectivity index (χ0n) is 19.0. The molecule has 0 bridgehead atoms. The summed E-state index contributed by atoms with van der Waals surface area (Å²) < 4.78 is 6.63. The molecule has 5 aliphatic rings. The van der Waals surface area contributed by atoms with Crippen LogP contribution in [0.2, 0.25) is 0 Å². The molecule has 5 rings (SSSR count). The van der Waals surface area contributed by atoms with E-state index in [9.17, 15) is 4.79 Å². The van der Waals surface area contributed by atoms with Crippen molar-refractivity contribution in [2.24, 2.45) is 46.3 Å². The maximum Gasteiger partial charge on any atom is 0.155 e. The van der Waals surface area contributed by atoms with Crippen LogP contribution in [0.15, 0.2) is 24.3 Å². The molecule has 0 N–H and O–H groups in total. The molecule has 0 amide bonds. The monoisotopic (exact) mass is 396 g/mol. The van der Waals surface area contributed by atoms with Crippen molar-refractivity contribution in [2.45, 2.75) is 84.7 Å². The molecule has 4 fully saturated rings. The Morgan fingerprint density at radius 2 is 1.97 bits per heavy atom. The van der Waals surface area contributed by atoms with Crippen LogP contribution in [0.25, 0.3) is 0 Å². The third kappa shape index (κ3) is 2.87. The molecule has 8 unspecified atom stereocenters. The number of carbonyl (C=O) groups excluding carboxylic acids is 1. The summed E-state index contributed by atoms with van der Waals surface area (Å²) in [6.45, 7) is 10.4. The van der Waals surface area contributed by atoms with Gasteiger partial charge in [-0.3, -0.25) is 4.79 Å². The normalized spacial score (nSPS) is 51.2. The molecule has 1 saturated heterocycles. The predicted molar refractivity (Wildman–Crippen MR) is 117 cm³/mol. The van der Waals surface area contributed by atoms with Gasteiger partial charge in [0.05, 0.1) is 12.2 Å². The Balaban J connectivity index is 1.40. The van der Waals surface area contributed by atoms with Crippen molar-refractivity contribution in [1.29, 1.82) is 0 Å². The van der Waals surface area contributed by atoms with Crippen molar-refractivity contribution in [2.75, 3.05) is 6.61 Å². The maximum absolute atomic E-state index is 12.0. The molecule has 0 aromatic heterocycles. The molecule has 3 saturated carbocycles. The summed E-state index contributed by atoms with van der Waals surface area (Å²) in [6.07, 6.45) is 19.0. The van der Waals surface area contributed by atoms with Crippen LogP contribution in [0.3, 0.4) is 0 Å². The number of rotatable bonds is 3. The summed E-state index contributed by atoms with van der Waals surface area (Å²) in [4.78, 5) is 12.0. The van der Waals surface area contributed by atoms with Gasteiger partial charge in [-0.15, -0.1) is 0 Å². The third-order valence-electron chi connectivity index (χ3n) is 10.2. The number of ether oxygens (including phenoxy) is 1. The number of ketones is 1. The molecule has 1 aliphatic heterocycles. The highest BCUT2D eigenvalue weighted by molar-refractivity contribution is 5.91. The van der Waals surface area contributed by atoms with Gasteiger partial charge in [-0.05, 0) is 98.9 Å². The fraction of sp³-hybridized carbons (Fsp3) is 0.815. The lowest BCUT2D eigenvalue weighted by atomic mass is 9.45. The van der Waals surface area contributed by atoms with Crippen molar-refractivity contribution in [3.8, 4) is 0 Å². The van der Waals surface area contributed by atoms with E-state index in [1.165, 1.54) is 38.5 Å². The fourth-order valence-electron chi connectivity index (χ4n) is 8.71. The molecule has 8 atom stereocenters. The quantitative estimate of drug-likeness (QED) is 0.519. The minimum atomic E-state index is -0.0608. The highest BCUT2D eigenvalue weighted by atomic mass is 16.5. The van der Waals surface area contributed by atoms with Crippen LogP contribution < -0.4 is 0 Å². The average Bonchev–Trinajstić information content (AvgIpc) is 3.18. The lowest BCUT2D eigenvalue weighted by Gasteiger charge is -2.58. The predicted octanol–water partition coefficient (Wildman–Crippen LogP) is 6.36. The summed E-state index contributed by atoms with van der Waals surface area (Å²) in [5.41, 5.74) is 0.598. The molecule has 0 aromatic rings. The zero-order valence-corrected chi connectivity index (χ0v) is 19.0. The van der Waals surface area contributed by atoms with Gasteiger partial charge in [-0.1, -0.05) is 39.0 Å². The first kappa shape index (κ1) is 20.0. The van der Waals surface area contributed by atoms with E-state index >= 15 is 0 Å². The smallest absolute Gasteiger partial charge is 0.155 e. The van der Waals surface area contributed by atoms with Crippen LogP contribution >= 0.6 is 0 Å². The second-order valence-electron chi connectivity index (χ2n) is 11.9. The molecular formula is C27H40O2. The topological polar surface area (TPSA) is 26.3 Å². The minimum Gasteiger partial charge on any atom is -0.370 e. The lowest BCUT2D eigenvalue weighted by molar-refractivity contribution is -0.122. The first-order valence-corrected chi connectivity index (χ1v) is 12.3. The van der Waals surface area contributed by atoms with Gasteiger partial charge in [0.25, 0.3) is 0 Å². The summed E-state index contributed by atoms with van der Waals surface area (Å²) in [7, 11) is 0. The number of hydrogen-bond donors (Lipinski definition) is 0. The zero-order chi connectivity index (χ0) is 20.4. The van der Waals surface area contributed by atoms with Crippen molar-refractivity contribution < 1.29 is 9.53 Å². The number of carbonyl (C=O) groups is 1. The molecule has 1 spiro atoms. The van der Waals surface area contributed by atoms with E-state index in [0.29, 0.717) is 29.0 Å². The molecule has 0 aromatic carbocycles. The largest absolute Gasteiger partial charge is 0.370 e. The Kier molecular flexibility index (Phi) is 4.70. The van der Waals surface area contributed by atoms with Gasteiger partial charge in [0, 0.05) is 11.8 Å². The van der Waals surface area contributed by atoms with Crippen LogP contribution in [0, 0.1) is 46.3 Å². The van der Waals surface area contributed by atoms with Gasteiger partial charge in [-0.2, -0.15) is 0 Å². The van der Waals surface area contributed by atoms with Crippen LogP contribution in [0.1, 0.15) is 79.1 Å². The molecule has 0 radical (unpaired) electrons. The SMILES string of the molecule is CC(C)CC=CC1(C)OCC23CCC4C(CCC5CC(=O)C=CC54C)C2CCC13. The van der Waals surface area contributed by atoms with Gasteiger partial charge in [-0.25, -0.2) is 0 Å². The molecule has 1 heterocycles. The van der Waals surface area contributed by atoms with E-state index in [1.807, 2.05) is 6.08 Å². The highest BCUT2D eigenvalue weighted by Crippen LogP contribution is 2.70. The molecule has 2 heteroatoms. The Morgan fingerprint density at radius 3 is 2.76 bits per heavy atom. The standard InChI is InChI=1S/C27H40O2/c1-18(2)6-5-13-26(4)24-10-9-23-21-8-7-19-16-20(28)11-14-25(19,3)22(21)12-15-27(23,24)17-29-26/h5,11,13-14,18-19,21-24H,6-10,12,15-17H2,1-4H3. The molecule has 160 valence electrons. The Hall–Kier alpha value is -0.890. The summed E-state index contributed by atoms with van der Waals surface area (Å²) >= 11 is 0. The second-order valence-corrected chi connectivity index (χ2v) is 11.9. The van der Waals surface area contributed by atoms with Crippen molar-refractivity contribution in [1.82, 2.24) is 0 Å². The Labute approximate surface area is 177 Å². The van der Waals surface area contributed by atoms with Gasteiger partial charge in [0.15, 0.2) is 5.78 Å². The lowest BCUT2D eigenvalue weighted by Crippen LogP contribution is -2.53. The highest BCUT2D eigenvalue weighted by Gasteiger charge is 2.66. The summed E-state index contributed by atoms with van der Waals surface area (Å²) in [6, 6.07) is 0. The van der Waals surface area contributed by atoms with Crippen LogP contribution in [-0.4, -0.2) is 18.0 Å². The van der Waals surface area contributed by atoms with Crippen molar-refractivity contribution >= 4 is 5.78 Å². The van der Waals surface area contributed by atoms with Crippen LogP contribution in [0.5, 0.6) is 0 Å². The van der Waals surface area contributed by atoms with E-state index < -0.39 is 0 Å². The van der Waals surface area contributed by atoms with Gasteiger partial charge >= 0.3 is 0 Å². The average molecular weight is 397 g/mol. The minimum absolute atomic E-state index is 0.0608. The summed E-state index contributed by atoms with van der Waals surface area (Å²) in [5, 5.41) is 0. The summed E-state index contributed by atoms with van der Waals surface area (Å²) in [5.74, 6) is 4.77. The third-order valence-corrected chi connectivity index (χ3v) is 10.2. The second kappa shape index (κ2) is 6.81. The Bertz CT molecular complexity index is 735. The number of allylic oxidation sites excluding steroid dienone is 3.